The molecule has 2 aromatic rings. The van der Waals surface area contributed by atoms with E-state index in [-0.39, 0.29) is 24.0 Å². The van der Waals surface area contributed by atoms with Gasteiger partial charge in [0.2, 0.25) is 5.09 Å². The van der Waals surface area contributed by atoms with Gasteiger partial charge in [0.05, 0.1) is 12.2 Å². The van der Waals surface area contributed by atoms with E-state index in [1.807, 2.05) is 13.0 Å². The summed E-state index contributed by atoms with van der Waals surface area (Å²) in [7, 11) is -3.73. The van der Waals surface area contributed by atoms with Crippen LogP contribution >= 0.6 is 0 Å². The highest BCUT2D eigenvalue weighted by Gasteiger charge is 2.18. The number of hydrogen-bond acceptors (Lipinski definition) is 5. The second kappa shape index (κ2) is 5.52. The van der Waals surface area contributed by atoms with E-state index in [9.17, 15) is 8.42 Å². The summed E-state index contributed by atoms with van der Waals surface area (Å²) in [5.41, 5.74) is 1.56. The van der Waals surface area contributed by atoms with Crippen molar-refractivity contribution in [1.29, 1.82) is 0 Å². The maximum absolute atomic E-state index is 11.9. The van der Waals surface area contributed by atoms with Crippen molar-refractivity contribution < 1.29 is 17.9 Å². The average molecular weight is 282 g/mol. The molecular formula is C12H14N2O4S. The fraction of sp³-hybridized carbons (Fsp3) is 0.250. The number of nitrogens with one attached hydrogen (secondary N) is 1. The number of rotatable bonds is 5. The van der Waals surface area contributed by atoms with Crippen LogP contribution in [-0.2, 0) is 23.2 Å². The topological polar surface area (TPSA) is 92.4 Å². The SMILES string of the molecule is Cc1cccnc1CNS(=O)(=O)c1ccc(CO)o1. The van der Waals surface area contributed by atoms with Crippen molar-refractivity contribution in [2.45, 2.75) is 25.2 Å². The molecule has 0 aliphatic rings. The molecule has 0 bridgehead atoms. The summed E-state index contributed by atoms with van der Waals surface area (Å²) < 4.78 is 31.3. The Kier molecular flexibility index (Phi) is 3.98. The van der Waals surface area contributed by atoms with Crippen molar-refractivity contribution in [3.8, 4) is 0 Å². The van der Waals surface area contributed by atoms with Gasteiger partial charge < -0.3 is 9.52 Å². The van der Waals surface area contributed by atoms with Crippen LogP contribution in [0, 0.1) is 6.92 Å². The predicted octanol–water partition coefficient (Wildman–Crippen LogP) is 0.954. The molecule has 0 aromatic carbocycles. The van der Waals surface area contributed by atoms with Gasteiger partial charge in [-0.05, 0) is 30.7 Å². The Balaban J connectivity index is 2.12. The number of furan rings is 1. The minimum Gasteiger partial charge on any atom is -0.446 e. The van der Waals surface area contributed by atoms with Crippen molar-refractivity contribution in [2.75, 3.05) is 0 Å². The van der Waals surface area contributed by atoms with Crippen LogP contribution < -0.4 is 4.72 Å². The monoisotopic (exact) mass is 282 g/mol. The number of aliphatic hydroxyl groups excluding tert-OH is 1. The van der Waals surface area contributed by atoms with Crippen LogP contribution in [0.5, 0.6) is 0 Å². The Morgan fingerprint density at radius 3 is 2.79 bits per heavy atom. The minimum atomic E-state index is -3.73. The second-order valence-corrected chi connectivity index (χ2v) is 5.67. The summed E-state index contributed by atoms with van der Waals surface area (Å²) in [6, 6.07) is 6.36. The van der Waals surface area contributed by atoms with Crippen LogP contribution in [0.15, 0.2) is 40.0 Å². The third kappa shape index (κ3) is 3.19. The molecule has 0 unspecified atom stereocenters. The van der Waals surface area contributed by atoms with Gasteiger partial charge in [0.25, 0.3) is 10.0 Å². The lowest BCUT2D eigenvalue weighted by Gasteiger charge is -2.06. The molecule has 0 fully saturated rings. The molecule has 7 heteroatoms. The summed E-state index contributed by atoms with van der Waals surface area (Å²) >= 11 is 0. The molecule has 0 saturated carbocycles. The molecule has 6 nitrogen and oxygen atoms in total. The zero-order chi connectivity index (χ0) is 13.9. The third-order valence-electron chi connectivity index (χ3n) is 2.61. The van der Waals surface area contributed by atoms with Gasteiger partial charge in [0.15, 0.2) is 0 Å². The summed E-state index contributed by atoms with van der Waals surface area (Å²) in [5.74, 6) is 0.203. The third-order valence-corrected chi connectivity index (χ3v) is 3.88. The number of pyridine rings is 1. The number of hydrogen-bond donors (Lipinski definition) is 2. The van der Waals surface area contributed by atoms with Crippen LogP contribution in [0.2, 0.25) is 0 Å². The Hall–Kier alpha value is -1.70. The van der Waals surface area contributed by atoms with E-state index in [2.05, 4.69) is 9.71 Å². The first-order valence-electron chi connectivity index (χ1n) is 5.62. The van der Waals surface area contributed by atoms with E-state index in [0.29, 0.717) is 5.69 Å². The van der Waals surface area contributed by atoms with Crippen LogP contribution in [0.25, 0.3) is 0 Å². The Morgan fingerprint density at radius 1 is 1.37 bits per heavy atom. The van der Waals surface area contributed by atoms with Crippen molar-refractivity contribution in [3.05, 3.63) is 47.5 Å². The normalized spacial score (nSPS) is 11.7. The van der Waals surface area contributed by atoms with E-state index < -0.39 is 10.0 Å². The van der Waals surface area contributed by atoms with Gasteiger partial charge in [-0.25, -0.2) is 13.1 Å². The van der Waals surface area contributed by atoms with Crippen molar-refractivity contribution in [3.63, 3.8) is 0 Å². The first-order valence-corrected chi connectivity index (χ1v) is 7.11. The first kappa shape index (κ1) is 13.7. The molecule has 2 heterocycles. The van der Waals surface area contributed by atoms with E-state index in [1.54, 1.807) is 12.3 Å². The van der Waals surface area contributed by atoms with Gasteiger partial charge in [0, 0.05) is 6.20 Å². The molecule has 0 aliphatic heterocycles. The number of sulfonamides is 1. The number of nitrogens with zero attached hydrogens (tertiary/aromatic N) is 1. The maximum Gasteiger partial charge on any atom is 0.274 e. The van der Waals surface area contributed by atoms with E-state index in [0.717, 1.165) is 5.56 Å². The largest absolute Gasteiger partial charge is 0.446 e. The molecule has 0 atom stereocenters. The lowest BCUT2D eigenvalue weighted by Crippen LogP contribution is -2.23. The molecule has 0 spiro atoms. The highest BCUT2D eigenvalue weighted by atomic mass is 32.2. The molecule has 102 valence electrons. The van der Waals surface area contributed by atoms with E-state index in [4.69, 9.17) is 9.52 Å². The fourth-order valence-electron chi connectivity index (χ4n) is 1.53. The van der Waals surface area contributed by atoms with Gasteiger partial charge in [-0.1, -0.05) is 6.07 Å². The van der Waals surface area contributed by atoms with Crippen LogP contribution in [0.1, 0.15) is 17.0 Å². The standard InChI is InChI=1S/C12H14N2O4S/c1-9-3-2-6-13-11(9)7-14-19(16,17)12-5-4-10(8-15)18-12/h2-6,14-15H,7-8H2,1H3. The summed E-state index contributed by atoms with van der Waals surface area (Å²) in [4.78, 5) is 4.10. The molecule has 0 saturated heterocycles. The van der Waals surface area contributed by atoms with Gasteiger partial charge in [-0.2, -0.15) is 0 Å². The van der Waals surface area contributed by atoms with Crippen LogP contribution in [-0.4, -0.2) is 18.5 Å². The molecule has 19 heavy (non-hydrogen) atoms. The van der Waals surface area contributed by atoms with Crippen molar-refractivity contribution >= 4 is 10.0 Å². The summed E-state index contributed by atoms with van der Waals surface area (Å²) in [6.45, 7) is 1.60. The molecule has 0 amide bonds. The molecule has 0 aliphatic carbocycles. The van der Waals surface area contributed by atoms with Crippen LogP contribution in [0.4, 0.5) is 0 Å². The fourth-order valence-corrected chi connectivity index (χ4v) is 2.46. The predicted molar refractivity (Wildman–Crippen MR) is 67.6 cm³/mol. The second-order valence-electron chi connectivity index (χ2n) is 3.97. The minimum absolute atomic E-state index is 0.0875. The Labute approximate surface area is 111 Å². The molecule has 0 radical (unpaired) electrons. The average Bonchev–Trinajstić information content (AvgIpc) is 2.87. The highest BCUT2D eigenvalue weighted by Crippen LogP contribution is 2.14. The number of aromatic nitrogens is 1. The zero-order valence-electron chi connectivity index (χ0n) is 10.3. The quantitative estimate of drug-likeness (QED) is 0.852. The van der Waals surface area contributed by atoms with Gasteiger partial charge in [-0.15, -0.1) is 0 Å². The summed E-state index contributed by atoms with van der Waals surface area (Å²) in [6.07, 6.45) is 1.60. The summed E-state index contributed by atoms with van der Waals surface area (Å²) in [5, 5.41) is 8.62. The maximum atomic E-state index is 11.9. The first-order chi connectivity index (χ1) is 9.03. The molecule has 2 rings (SSSR count). The molecule has 2 N–H and O–H groups in total. The number of aryl methyl sites for hydroxylation is 1. The molecule has 2 aromatic heterocycles. The van der Waals surface area contributed by atoms with Crippen LogP contribution in [0.3, 0.4) is 0 Å². The Morgan fingerprint density at radius 2 is 2.16 bits per heavy atom. The Bertz CT molecular complexity index is 664. The van der Waals surface area contributed by atoms with Gasteiger partial charge >= 0.3 is 0 Å². The van der Waals surface area contributed by atoms with Gasteiger partial charge in [-0.3, -0.25) is 4.98 Å². The zero-order valence-corrected chi connectivity index (χ0v) is 11.1. The molecular weight excluding hydrogens is 268 g/mol. The lowest BCUT2D eigenvalue weighted by atomic mass is 10.2. The highest BCUT2D eigenvalue weighted by molar-refractivity contribution is 7.89. The number of aliphatic hydroxyl groups is 1. The smallest absolute Gasteiger partial charge is 0.274 e. The van der Waals surface area contributed by atoms with Crippen molar-refractivity contribution in [2.24, 2.45) is 0 Å². The van der Waals surface area contributed by atoms with Gasteiger partial charge in [0.1, 0.15) is 12.4 Å². The van der Waals surface area contributed by atoms with E-state index in [1.165, 1.54) is 12.1 Å². The lowest BCUT2D eigenvalue weighted by molar-refractivity contribution is 0.236. The van der Waals surface area contributed by atoms with E-state index >= 15 is 0 Å². The van der Waals surface area contributed by atoms with Crippen molar-refractivity contribution in [1.82, 2.24) is 9.71 Å².